The molecule has 92 valence electrons. The Bertz CT molecular complexity index is 447. The minimum absolute atomic E-state index is 0. The van der Waals surface area contributed by atoms with Gasteiger partial charge in [0.2, 0.25) is 0 Å². The number of nitrogens with zero attached hydrogens (tertiary/aromatic N) is 4. The van der Waals surface area contributed by atoms with Gasteiger partial charge in [-0.05, 0) is 7.05 Å². The number of nitrogens with two attached hydrogens (primary N) is 1. The van der Waals surface area contributed by atoms with Crippen LogP contribution in [0.1, 0.15) is 10.6 Å². The third-order valence-electron chi connectivity index (χ3n) is 2.05. The molecule has 7 heteroatoms. The molecule has 2 aromatic heterocycles. The molecule has 0 aliphatic heterocycles. The molecule has 0 bridgehead atoms. The van der Waals surface area contributed by atoms with Gasteiger partial charge in [0.1, 0.15) is 0 Å². The zero-order valence-electron chi connectivity index (χ0n) is 9.41. The van der Waals surface area contributed by atoms with E-state index in [0.717, 1.165) is 23.7 Å². The van der Waals surface area contributed by atoms with E-state index in [9.17, 15) is 0 Å². The average molecular weight is 272 g/mol. The molecule has 0 aliphatic rings. The quantitative estimate of drug-likeness (QED) is 0.914. The van der Waals surface area contributed by atoms with E-state index in [2.05, 4.69) is 19.9 Å². The van der Waals surface area contributed by atoms with Gasteiger partial charge in [0.05, 0.1) is 5.69 Å². The van der Waals surface area contributed by atoms with Crippen LogP contribution in [0.25, 0.3) is 0 Å². The summed E-state index contributed by atoms with van der Waals surface area (Å²) in [6, 6.07) is 0. The van der Waals surface area contributed by atoms with Crippen molar-refractivity contribution in [2.24, 2.45) is 0 Å². The van der Waals surface area contributed by atoms with E-state index >= 15 is 0 Å². The molecule has 0 radical (unpaired) electrons. The SMILES string of the molecule is CN(Cc1cnccn1)Cc1cnc(N)s1.Cl. The fraction of sp³-hybridized carbons (Fsp3) is 0.300. The van der Waals surface area contributed by atoms with Crippen LogP contribution in [0.15, 0.2) is 24.8 Å². The maximum atomic E-state index is 5.57. The minimum atomic E-state index is 0. The van der Waals surface area contributed by atoms with Gasteiger partial charge in [0, 0.05) is 42.8 Å². The Morgan fingerprint density at radius 2 is 2.06 bits per heavy atom. The number of nitrogen functional groups attached to an aromatic ring is 1. The summed E-state index contributed by atoms with van der Waals surface area (Å²) in [5, 5.41) is 0.614. The van der Waals surface area contributed by atoms with Crippen LogP contribution in [-0.4, -0.2) is 26.9 Å². The smallest absolute Gasteiger partial charge is 0.180 e. The third kappa shape index (κ3) is 4.26. The van der Waals surface area contributed by atoms with E-state index in [4.69, 9.17) is 5.73 Å². The van der Waals surface area contributed by atoms with Gasteiger partial charge in [-0.3, -0.25) is 14.9 Å². The van der Waals surface area contributed by atoms with Gasteiger partial charge in [-0.1, -0.05) is 0 Å². The van der Waals surface area contributed by atoms with Crippen LogP contribution in [0, 0.1) is 0 Å². The first-order valence-electron chi connectivity index (χ1n) is 4.87. The van der Waals surface area contributed by atoms with Crippen molar-refractivity contribution in [3.63, 3.8) is 0 Å². The molecular formula is C10H14ClN5S. The molecule has 0 aromatic carbocycles. The van der Waals surface area contributed by atoms with E-state index in [-0.39, 0.29) is 12.4 Å². The van der Waals surface area contributed by atoms with Crippen LogP contribution in [-0.2, 0) is 13.1 Å². The maximum absolute atomic E-state index is 5.57. The van der Waals surface area contributed by atoms with Crippen molar-refractivity contribution in [3.05, 3.63) is 35.4 Å². The molecule has 0 fully saturated rings. The van der Waals surface area contributed by atoms with Crippen LogP contribution in [0.3, 0.4) is 0 Å². The first kappa shape index (κ1) is 13.8. The second-order valence-electron chi connectivity index (χ2n) is 3.53. The maximum Gasteiger partial charge on any atom is 0.180 e. The molecule has 2 heterocycles. The van der Waals surface area contributed by atoms with Crippen LogP contribution in [0.2, 0.25) is 0 Å². The molecule has 0 spiro atoms. The summed E-state index contributed by atoms with van der Waals surface area (Å²) in [5.74, 6) is 0. The lowest BCUT2D eigenvalue weighted by molar-refractivity contribution is 0.317. The second kappa shape index (κ2) is 6.48. The number of anilines is 1. The molecule has 0 atom stereocenters. The molecule has 2 aromatic rings. The Hall–Kier alpha value is -1.24. The highest BCUT2D eigenvalue weighted by molar-refractivity contribution is 7.15. The summed E-state index contributed by atoms with van der Waals surface area (Å²) in [5.41, 5.74) is 6.53. The first-order chi connectivity index (χ1) is 7.74. The summed E-state index contributed by atoms with van der Waals surface area (Å²) >= 11 is 1.52. The first-order valence-corrected chi connectivity index (χ1v) is 5.69. The Labute approximate surface area is 110 Å². The Morgan fingerprint density at radius 3 is 2.65 bits per heavy atom. The van der Waals surface area contributed by atoms with Crippen LogP contribution in [0.5, 0.6) is 0 Å². The predicted molar refractivity (Wildman–Crippen MR) is 71.0 cm³/mol. The average Bonchev–Trinajstić information content (AvgIpc) is 2.65. The van der Waals surface area contributed by atoms with E-state index < -0.39 is 0 Å². The summed E-state index contributed by atoms with van der Waals surface area (Å²) < 4.78 is 0. The monoisotopic (exact) mass is 271 g/mol. The molecule has 0 unspecified atom stereocenters. The van der Waals surface area contributed by atoms with E-state index in [0.29, 0.717) is 5.13 Å². The van der Waals surface area contributed by atoms with Crippen molar-refractivity contribution in [2.45, 2.75) is 13.1 Å². The van der Waals surface area contributed by atoms with Gasteiger partial charge in [-0.25, -0.2) is 4.98 Å². The predicted octanol–water partition coefficient (Wildman–Crippen LogP) is 1.57. The van der Waals surface area contributed by atoms with Gasteiger partial charge in [-0.2, -0.15) is 0 Å². The van der Waals surface area contributed by atoms with Gasteiger partial charge in [0.15, 0.2) is 5.13 Å². The topological polar surface area (TPSA) is 67.9 Å². The van der Waals surface area contributed by atoms with Crippen molar-refractivity contribution in [2.75, 3.05) is 12.8 Å². The number of hydrogen-bond donors (Lipinski definition) is 1. The molecule has 0 aliphatic carbocycles. The van der Waals surface area contributed by atoms with E-state index in [1.807, 2.05) is 13.2 Å². The summed E-state index contributed by atoms with van der Waals surface area (Å²) in [7, 11) is 2.03. The molecule has 2 N–H and O–H groups in total. The van der Waals surface area contributed by atoms with Gasteiger partial charge < -0.3 is 5.73 Å². The molecule has 0 amide bonds. The largest absolute Gasteiger partial charge is 0.375 e. The zero-order valence-corrected chi connectivity index (χ0v) is 11.0. The highest BCUT2D eigenvalue weighted by atomic mass is 35.5. The number of halogens is 1. The van der Waals surface area contributed by atoms with Crippen molar-refractivity contribution in [3.8, 4) is 0 Å². The number of rotatable bonds is 4. The standard InChI is InChI=1S/C10H13N5S.ClH/c1-15(6-8-4-12-2-3-13-8)7-9-5-14-10(11)16-9;/h2-5H,6-7H2,1H3,(H2,11,14);1H. The number of aromatic nitrogens is 3. The number of hydrogen-bond acceptors (Lipinski definition) is 6. The van der Waals surface area contributed by atoms with E-state index in [1.54, 1.807) is 18.6 Å². The van der Waals surface area contributed by atoms with Crippen LogP contribution in [0.4, 0.5) is 5.13 Å². The molecular weight excluding hydrogens is 258 g/mol. The Kier molecular flexibility index (Phi) is 5.27. The summed E-state index contributed by atoms with van der Waals surface area (Å²) in [6.45, 7) is 1.59. The van der Waals surface area contributed by atoms with Crippen LogP contribution < -0.4 is 5.73 Å². The minimum Gasteiger partial charge on any atom is -0.375 e. The second-order valence-corrected chi connectivity index (χ2v) is 4.68. The molecule has 17 heavy (non-hydrogen) atoms. The van der Waals surface area contributed by atoms with Crippen molar-refractivity contribution in [1.82, 2.24) is 19.9 Å². The molecule has 0 saturated carbocycles. The van der Waals surface area contributed by atoms with Gasteiger partial charge >= 0.3 is 0 Å². The van der Waals surface area contributed by atoms with Crippen molar-refractivity contribution >= 4 is 28.9 Å². The Morgan fingerprint density at radius 1 is 1.24 bits per heavy atom. The lowest BCUT2D eigenvalue weighted by Gasteiger charge is -2.13. The normalized spacial score (nSPS) is 10.2. The molecule has 2 rings (SSSR count). The third-order valence-corrected chi connectivity index (χ3v) is 2.86. The Balaban J connectivity index is 0.00000144. The van der Waals surface area contributed by atoms with Crippen molar-refractivity contribution in [1.29, 1.82) is 0 Å². The van der Waals surface area contributed by atoms with Gasteiger partial charge in [-0.15, -0.1) is 23.7 Å². The van der Waals surface area contributed by atoms with Crippen molar-refractivity contribution < 1.29 is 0 Å². The molecule has 0 saturated heterocycles. The lowest BCUT2D eigenvalue weighted by Crippen LogP contribution is -2.17. The zero-order chi connectivity index (χ0) is 11.4. The van der Waals surface area contributed by atoms with E-state index in [1.165, 1.54) is 11.3 Å². The highest BCUT2D eigenvalue weighted by Crippen LogP contribution is 2.16. The number of thiazole rings is 1. The summed E-state index contributed by atoms with van der Waals surface area (Å²) in [4.78, 5) is 15.6. The van der Waals surface area contributed by atoms with Crippen LogP contribution >= 0.6 is 23.7 Å². The molecule has 5 nitrogen and oxygen atoms in total. The van der Waals surface area contributed by atoms with Gasteiger partial charge in [0.25, 0.3) is 0 Å². The lowest BCUT2D eigenvalue weighted by atomic mass is 10.4. The highest BCUT2D eigenvalue weighted by Gasteiger charge is 2.05. The fourth-order valence-electron chi connectivity index (χ4n) is 1.41. The summed E-state index contributed by atoms with van der Waals surface area (Å²) in [6.07, 6.45) is 6.96. The fourth-order valence-corrected chi connectivity index (χ4v) is 2.17.